The molecule has 0 saturated heterocycles. The molecule has 0 aliphatic heterocycles. The molecule has 0 heterocycles. The topological polar surface area (TPSA) is 65.3 Å². The summed E-state index contributed by atoms with van der Waals surface area (Å²) in [5, 5.41) is 8.42. The van der Waals surface area contributed by atoms with Crippen molar-refractivity contribution in [1.29, 1.82) is 0 Å². The zero-order chi connectivity index (χ0) is 21.4. The van der Waals surface area contributed by atoms with E-state index in [1.807, 2.05) is 34.0 Å². The molecule has 0 unspecified atom stereocenters. The van der Waals surface area contributed by atoms with Crippen LogP contribution in [0.15, 0.2) is 46.6 Å². The lowest BCUT2D eigenvalue weighted by molar-refractivity contribution is 0.108. The Bertz CT molecular complexity index is 890. The first-order valence-electron chi connectivity index (χ1n) is 9.76. The maximum atomic E-state index is 11.6. The quantitative estimate of drug-likeness (QED) is 0.374. The van der Waals surface area contributed by atoms with Crippen LogP contribution in [0.4, 0.5) is 22.7 Å². The molecule has 0 aliphatic carbocycles. The van der Waals surface area contributed by atoms with Crippen LogP contribution in [-0.4, -0.2) is 37.7 Å². The van der Waals surface area contributed by atoms with E-state index in [9.17, 15) is 9.59 Å². The molecule has 29 heavy (non-hydrogen) atoms. The van der Waals surface area contributed by atoms with Crippen LogP contribution in [0.1, 0.15) is 43.6 Å². The highest BCUT2D eigenvalue weighted by atomic mass is 35.5. The fourth-order valence-electron chi connectivity index (χ4n) is 3.14. The minimum atomic E-state index is -0.508. The van der Waals surface area contributed by atoms with Gasteiger partial charge in [0.2, 0.25) is 6.29 Å². The molecule has 1 radical (unpaired) electrons. The van der Waals surface area contributed by atoms with E-state index in [2.05, 4.69) is 20.0 Å². The molecule has 6 nitrogen and oxygen atoms in total. The Balaban J connectivity index is 2.53. The van der Waals surface area contributed by atoms with Crippen molar-refractivity contribution < 1.29 is 9.59 Å². The van der Waals surface area contributed by atoms with Gasteiger partial charge in [0, 0.05) is 37.3 Å². The lowest BCUT2D eigenvalue weighted by atomic mass is 10.1. The van der Waals surface area contributed by atoms with Crippen molar-refractivity contribution in [2.75, 3.05) is 36.0 Å². The minimum Gasteiger partial charge on any atom is -0.370 e. The van der Waals surface area contributed by atoms with Crippen LogP contribution in [0, 0.1) is 0 Å². The molecule has 2 aromatic carbocycles. The Morgan fingerprint density at radius 1 is 0.862 bits per heavy atom. The molecule has 0 spiro atoms. The third kappa shape index (κ3) is 5.41. The van der Waals surface area contributed by atoms with E-state index in [-0.39, 0.29) is 0 Å². The molecular weight excluding hydrogens is 388 g/mol. The average molecular weight is 414 g/mol. The first-order chi connectivity index (χ1) is 14.0. The number of carbonyl (C=O) groups is 1. The van der Waals surface area contributed by atoms with E-state index in [0.29, 0.717) is 22.5 Å². The predicted molar refractivity (Wildman–Crippen MR) is 119 cm³/mol. The lowest BCUT2D eigenvalue weighted by Crippen LogP contribution is -2.22. The molecule has 2 aromatic rings. The maximum absolute atomic E-state index is 11.6. The minimum absolute atomic E-state index is 0.419. The van der Waals surface area contributed by atoms with Crippen molar-refractivity contribution in [1.82, 2.24) is 0 Å². The van der Waals surface area contributed by atoms with Gasteiger partial charge >= 0.3 is 0 Å². The number of anilines is 2. The van der Waals surface area contributed by atoms with Gasteiger partial charge in [-0.3, -0.25) is 9.59 Å². The fraction of sp³-hybridized carbons (Fsp3) is 0.364. The molecule has 7 heteroatoms. The fourth-order valence-corrected chi connectivity index (χ4v) is 3.26. The van der Waals surface area contributed by atoms with E-state index >= 15 is 0 Å². The van der Waals surface area contributed by atoms with Gasteiger partial charge in [-0.25, -0.2) is 0 Å². The van der Waals surface area contributed by atoms with Crippen molar-refractivity contribution in [2.45, 2.75) is 27.7 Å². The summed E-state index contributed by atoms with van der Waals surface area (Å²) in [5.74, 6) is 0. The number of rotatable bonds is 10. The lowest BCUT2D eigenvalue weighted by Gasteiger charge is -2.23. The van der Waals surface area contributed by atoms with Crippen molar-refractivity contribution in [2.24, 2.45) is 10.2 Å². The van der Waals surface area contributed by atoms with Crippen molar-refractivity contribution in [3.8, 4) is 0 Å². The van der Waals surface area contributed by atoms with E-state index in [1.54, 1.807) is 36.4 Å². The summed E-state index contributed by atoms with van der Waals surface area (Å²) >= 11 is 5.66. The summed E-state index contributed by atoms with van der Waals surface area (Å²) in [6.07, 6.45) is 1.93. The normalized spacial score (nSPS) is 10.9. The Hall–Kier alpha value is -2.73. The highest BCUT2D eigenvalue weighted by Gasteiger charge is 2.14. The van der Waals surface area contributed by atoms with Gasteiger partial charge in [0.25, 0.3) is 5.24 Å². The number of azo groups is 1. The van der Waals surface area contributed by atoms with E-state index < -0.39 is 5.24 Å². The molecule has 0 amide bonds. The molecular formula is C22H26ClN4O2. The number of carbonyl (C=O) groups excluding carboxylic acids is 2. The van der Waals surface area contributed by atoms with Gasteiger partial charge in [-0.15, -0.1) is 10.2 Å². The molecule has 0 atom stereocenters. The number of hydrogen-bond acceptors (Lipinski definition) is 6. The molecule has 0 bridgehead atoms. The first kappa shape index (κ1) is 22.6. The summed E-state index contributed by atoms with van der Waals surface area (Å²) in [6.45, 7) is 11.2. The second-order valence-corrected chi connectivity index (χ2v) is 6.67. The van der Waals surface area contributed by atoms with Crippen LogP contribution in [0.5, 0.6) is 0 Å². The van der Waals surface area contributed by atoms with Gasteiger partial charge in [0.15, 0.2) is 0 Å². The van der Waals surface area contributed by atoms with Crippen LogP contribution in [0.2, 0.25) is 0 Å². The van der Waals surface area contributed by atoms with Crippen molar-refractivity contribution in [3.63, 3.8) is 0 Å². The summed E-state index contributed by atoms with van der Waals surface area (Å²) in [4.78, 5) is 26.9. The number of hydrogen-bond donors (Lipinski definition) is 0. The second-order valence-electron chi connectivity index (χ2n) is 6.33. The predicted octanol–water partition coefficient (Wildman–Crippen LogP) is 5.63. The van der Waals surface area contributed by atoms with E-state index in [4.69, 9.17) is 11.6 Å². The highest BCUT2D eigenvalue weighted by Crippen LogP contribution is 2.35. The largest absolute Gasteiger partial charge is 0.370 e. The van der Waals surface area contributed by atoms with Crippen LogP contribution in [-0.2, 0) is 4.79 Å². The van der Waals surface area contributed by atoms with Gasteiger partial charge < -0.3 is 9.80 Å². The molecule has 2 rings (SSSR count). The van der Waals surface area contributed by atoms with Crippen LogP contribution in [0.25, 0.3) is 0 Å². The number of halogens is 1. The summed E-state index contributed by atoms with van der Waals surface area (Å²) in [5.41, 5.74) is 3.83. The third-order valence-corrected chi connectivity index (χ3v) is 4.99. The van der Waals surface area contributed by atoms with E-state index in [1.165, 1.54) is 0 Å². The standard InChI is InChI=1S/C22H26ClN4O2/c1-5-26(6-2)20-13-16(15-28)9-11-18(20)24-25-19-12-10-17(22(23)29)14-21(19)27(7-3)8-4/h9-14H,5-8H2,1-4H3/b25-24+. The molecule has 0 N–H and O–H groups in total. The molecule has 0 fully saturated rings. The third-order valence-electron chi connectivity index (χ3n) is 4.77. The highest BCUT2D eigenvalue weighted by molar-refractivity contribution is 6.67. The van der Waals surface area contributed by atoms with Gasteiger partial charge in [-0.1, -0.05) is 0 Å². The Kier molecular flexibility index (Phi) is 8.34. The zero-order valence-electron chi connectivity index (χ0n) is 17.3. The van der Waals surface area contributed by atoms with Crippen molar-refractivity contribution >= 4 is 45.9 Å². The van der Waals surface area contributed by atoms with Crippen LogP contribution < -0.4 is 9.80 Å². The Labute approximate surface area is 177 Å². The molecule has 0 aliphatic rings. The van der Waals surface area contributed by atoms with Gasteiger partial charge in [0.1, 0.15) is 11.4 Å². The monoisotopic (exact) mass is 413 g/mol. The molecule has 0 saturated carbocycles. The smallest absolute Gasteiger partial charge is 0.252 e. The summed E-state index contributed by atoms with van der Waals surface area (Å²) in [6, 6.07) is 10.4. The summed E-state index contributed by atoms with van der Waals surface area (Å²) < 4.78 is 0. The number of benzene rings is 2. The van der Waals surface area contributed by atoms with Gasteiger partial charge in [0.05, 0.1) is 11.4 Å². The van der Waals surface area contributed by atoms with Crippen LogP contribution in [0.3, 0.4) is 0 Å². The van der Waals surface area contributed by atoms with Gasteiger partial charge in [-0.05, 0) is 75.7 Å². The molecule has 0 aromatic heterocycles. The van der Waals surface area contributed by atoms with Crippen molar-refractivity contribution in [3.05, 3.63) is 47.5 Å². The average Bonchev–Trinajstić information content (AvgIpc) is 2.74. The number of nitrogens with zero attached hydrogens (tertiary/aromatic N) is 4. The molecule has 153 valence electrons. The van der Waals surface area contributed by atoms with Crippen LogP contribution >= 0.6 is 11.6 Å². The second kappa shape index (κ2) is 10.7. The Morgan fingerprint density at radius 3 is 1.79 bits per heavy atom. The zero-order valence-corrected chi connectivity index (χ0v) is 18.0. The first-order valence-corrected chi connectivity index (χ1v) is 10.1. The van der Waals surface area contributed by atoms with Gasteiger partial charge in [-0.2, -0.15) is 0 Å². The summed E-state index contributed by atoms with van der Waals surface area (Å²) in [7, 11) is 0. The maximum Gasteiger partial charge on any atom is 0.252 e. The van der Waals surface area contributed by atoms with E-state index in [0.717, 1.165) is 37.6 Å². The SMILES string of the molecule is CCN(CC)c1cc([C]=O)ccc1/N=N/c1ccc(C(=O)Cl)cc1N(CC)CC. The Morgan fingerprint density at radius 2 is 1.34 bits per heavy atom.